The Morgan fingerprint density at radius 3 is 3.00 bits per heavy atom. The third kappa shape index (κ3) is 1.75. The summed E-state index contributed by atoms with van der Waals surface area (Å²) in [6.07, 6.45) is 2.34. The number of aromatic nitrogens is 3. The number of aryl methyl sites for hydroxylation is 1. The minimum atomic E-state index is 0.00696. The molecule has 18 heavy (non-hydrogen) atoms. The van der Waals surface area contributed by atoms with E-state index in [4.69, 9.17) is 0 Å². The van der Waals surface area contributed by atoms with E-state index in [-0.39, 0.29) is 5.56 Å². The van der Waals surface area contributed by atoms with E-state index in [1.165, 1.54) is 6.42 Å². The molecular formula is C13H18N4O. The number of nitrogens with one attached hydrogen (secondary N) is 2. The van der Waals surface area contributed by atoms with Crippen molar-refractivity contribution in [1.82, 2.24) is 19.9 Å². The molecule has 0 saturated carbocycles. The van der Waals surface area contributed by atoms with E-state index in [9.17, 15) is 4.79 Å². The normalized spacial score (nSPS) is 20.4. The zero-order valence-electron chi connectivity index (χ0n) is 10.8. The van der Waals surface area contributed by atoms with E-state index in [0.717, 1.165) is 36.5 Å². The summed E-state index contributed by atoms with van der Waals surface area (Å²) < 4.78 is 1.56. The zero-order chi connectivity index (χ0) is 12.7. The Bertz CT molecular complexity index is 634. The second kappa shape index (κ2) is 4.24. The van der Waals surface area contributed by atoms with E-state index >= 15 is 0 Å². The Morgan fingerprint density at radius 2 is 2.28 bits per heavy atom. The summed E-state index contributed by atoms with van der Waals surface area (Å²) in [7, 11) is 0. The van der Waals surface area contributed by atoms with Crippen LogP contribution in [0.2, 0.25) is 0 Å². The second-order valence-electron chi connectivity index (χ2n) is 5.08. The number of hydrogen-bond acceptors (Lipinski definition) is 3. The molecule has 5 heteroatoms. The Hall–Kier alpha value is -1.62. The van der Waals surface area contributed by atoms with Gasteiger partial charge in [0.05, 0.1) is 0 Å². The van der Waals surface area contributed by atoms with Crippen molar-refractivity contribution in [2.24, 2.45) is 0 Å². The van der Waals surface area contributed by atoms with Gasteiger partial charge in [-0.2, -0.15) is 0 Å². The van der Waals surface area contributed by atoms with Crippen molar-refractivity contribution in [3.05, 3.63) is 33.4 Å². The molecule has 0 spiro atoms. The first-order valence-corrected chi connectivity index (χ1v) is 6.46. The standard InChI is InChI=1S/C13H18N4O/c1-8-9(2)15-12-6-11(16-17(12)13(8)18)10-4-3-5-14-7-10/h6,10,14,16H,3-5,7H2,1-2H3/t10-/m0/s1. The SMILES string of the molecule is Cc1nc2cc([C@H]3CCCNC3)[nH]n2c(=O)c1C. The summed E-state index contributed by atoms with van der Waals surface area (Å²) in [5.41, 5.74) is 3.36. The number of aromatic amines is 1. The van der Waals surface area contributed by atoms with Gasteiger partial charge in [0.1, 0.15) is 0 Å². The molecule has 0 unspecified atom stereocenters. The van der Waals surface area contributed by atoms with E-state index in [2.05, 4.69) is 15.4 Å². The summed E-state index contributed by atoms with van der Waals surface area (Å²) in [4.78, 5) is 16.6. The highest BCUT2D eigenvalue weighted by Crippen LogP contribution is 2.22. The van der Waals surface area contributed by atoms with Crippen LogP contribution in [0.1, 0.15) is 35.7 Å². The summed E-state index contributed by atoms with van der Waals surface area (Å²) in [6.45, 7) is 5.76. The fourth-order valence-electron chi connectivity index (χ4n) is 2.56. The van der Waals surface area contributed by atoms with Crippen molar-refractivity contribution in [2.75, 3.05) is 13.1 Å². The van der Waals surface area contributed by atoms with Crippen molar-refractivity contribution in [1.29, 1.82) is 0 Å². The maximum absolute atomic E-state index is 12.1. The molecule has 2 N–H and O–H groups in total. The number of hydrogen-bond donors (Lipinski definition) is 2. The quantitative estimate of drug-likeness (QED) is 0.792. The molecule has 5 nitrogen and oxygen atoms in total. The van der Waals surface area contributed by atoms with Crippen molar-refractivity contribution >= 4 is 5.65 Å². The van der Waals surface area contributed by atoms with Gasteiger partial charge in [-0.3, -0.25) is 9.89 Å². The molecule has 1 fully saturated rings. The van der Waals surface area contributed by atoms with Crippen LogP contribution in [-0.4, -0.2) is 27.7 Å². The van der Waals surface area contributed by atoms with Gasteiger partial charge < -0.3 is 5.32 Å². The van der Waals surface area contributed by atoms with Gasteiger partial charge in [-0.1, -0.05) is 0 Å². The molecule has 0 aromatic carbocycles. The zero-order valence-corrected chi connectivity index (χ0v) is 10.8. The van der Waals surface area contributed by atoms with Gasteiger partial charge >= 0.3 is 0 Å². The van der Waals surface area contributed by atoms with Crippen LogP contribution >= 0.6 is 0 Å². The third-order valence-corrected chi connectivity index (χ3v) is 3.84. The summed E-state index contributed by atoms with van der Waals surface area (Å²) in [5.74, 6) is 0.459. The van der Waals surface area contributed by atoms with E-state index in [1.807, 2.05) is 19.9 Å². The Balaban J connectivity index is 2.10. The maximum Gasteiger partial charge on any atom is 0.275 e. The maximum atomic E-state index is 12.1. The lowest BCUT2D eigenvalue weighted by Crippen LogP contribution is -2.28. The summed E-state index contributed by atoms with van der Waals surface area (Å²) in [5, 5.41) is 6.59. The highest BCUT2D eigenvalue weighted by atomic mass is 16.1. The van der Waals surface area contributed by atoms with Gasteiger partial charge in [0.2, 0.25) is 0 Å². The first-order valence-electron chi connectivity index (χ1n) is 6.46. The molecule has 2 aromatic rings. The number of piperidine rings is 1. The second-order valence-corrected chi connectivity index (χ2v) is 5.08. The van der Waals surface area contributed by atoms with Gasteiger partial charge in [-0.05, 0) is 33.2 Å². The minimum Gasteiger partial charge on any atom is -0.316 e. The molecule has 0 bridgehead atoms. The van der Waals surface area contributed by atoms with Crippen molar-refractivity contribution in [3.8, 4) is 0 Å². The van der Waals surface area contributed by atoms with Crippen LogP contribution in [0.25, 0.3) is 5.65 Å². The monoisotopic (exact) mass is 246 g/mol. The summed E-state index contributed by atoms with van der Waals surface area (Å²) >= 11 is 0. The molecule has 0 radical (unpaired) electrons. The largest absolute Gasteiger partial charge is 0.316 e. The van der Waals surface area contributed by atoms with Crippen LogP contribution < -0.4 is 10.9 Å². The van der Waals surface area contributed by atoms with Gasteiger partial charge in [0.15, 0.2) is 5.65 Å². The third-order valence-electron chi connectivity index (χ3n) is 3.84. The molecule has 96 valence electrons. The van der Waals surface area contributed by atoms with Crippen LogP contribution in [0.5, 0.6) is 0 Å². The Kier molecular flexibility index (Phi) is 2.70. The number of rotatable bonds is 1. The van der Waals surface area contributed by atoms with Gasteiger partial charge in [0, 0.05) is 35.5 Å². The molecule has 1 aliphatic heterocycles. The lowest BCUT2D eigenvalue weighted by molar-refractivity contribution is 0.453. The molecule has 2 aromatic heterocycles. The van der Waals surface area contributed by atoms with Crippen molar-refractivity contribution in [3.63, 3.8) is 0 Å². The summed E-state index contributed by atoms with van der Waals surface area (Å²) in [6, 6.07) is 2.01. The molecule has 1 atom stereocenters. The Morgan fingerprint density at radius 1 is 1.44 bits per heavy atom. The minimum absolute atomic E-state index is 0.00696. The van der Waals surface area contributed by atoms with E-state index in [1.54, 1.807) is 4.52 Å². The Labute approximate surface area is 105 Å². The molecule has 1 saturated heterocycles. The number of fused-ring (bicyclic) bond motifs is 1. The predicted molar refractivity (Wildman–Crippen MR) is 70.1 cm³/mol. The lowest BCUT2D eigenvalue weighted by atomic mass is 9.96. The molecule has 3 heterocycles. The topological polar surface area (TPSA) is 62.2 Å². The van der Waals surface area contributed by atoms with Crippen LogP contribution in [-0.2, 0) is 0 Å². The fraction of sp³-hybridized carbons (Fsp3) is 0.538. The van der Waals surface area contributed by atoms with Gasteiger partial charge in [0.25, 0.3) is 5.56 Å². The van der Waals surface area contributed by atoms with Gasteiger partial charge in [-0.15, -0.1) is 0 Å². The first kappa shape index (κ1) is 11.5. The molecule has 1 aliphatic rings. The van der Waals surface area contributed by atoms with E-state index < -0.39 is 0 Å². The van der Waals surface area contributed by atoms with Crippen molar-refractivity contribution < 1.29 is 0 Å². The lowest BCUT2D eigenvalue weighted by Gasteiger charge is -2.21. The fourth-order valence-corrected chi connectivity index (χ4v) is 2.56. The number of H-pyrrole nitrogens is 1. The average molecular weight is 246 g/mol. The van der Waals surface area contributed by atoms with Crippen LogP contribution in [0.3, 0.4) is 0 Å². The average Bonchev–Trinajstić information content (AvgIpc) is 2.81. The molecule has 0 aliphatic carbocycles. The van der Waals surface area contributed by atoms with E-state index in [0.29, 0.717) is 11.5 Å². The highest BCUT2D eigenvalue weighted by molar-refractivity contribution is 5.42. The van der Waals surface area contributed by atoms with Gasteiger partial charge in [-0.25, -0.2) is 9.50 Å². The smallest absolute Gasteiger partial charge is 0.275 e. The molecular weight excluding hydrogens is 228 g/mol. The van der Waals surface area contributed by atoms with Crippen molar-refractivity contribution in [2.45, 2.75) is 32.6 Å². The number of nitrogens with zero attached hydrogens (tertiary/aromatic N) is 2. The first-order chi connectivity index (χ1) is 8.66. The van der Waals surface area contributed by atoms with Crippen LogP contribution in [0, 0.1) is 13.8 Å². The van der Waals surface area contributed by atoms with Crippen LogP contribution in [0.15, 0.2) is 10.9 Å². The highest BCUT2D eigenvalue weighted by Gasteiger charge is 2.18. The molecule has 3 rings (SSSR count). The molecule has 0 amide bonds. The van der Waals surface area contributed by atoms with Crippen LogP contribution in [0.4, 0.5) is 0 Å². The predicted octanol–water partition coefficient (Wildman–Crippen LogP) is 1.11.